The van der Waals surface area contributed by atoms with E-state index in [0.717, 1.165) is 25.9 Å². The number of halogens is 3. The Kier molecular flexibility index (Phi) is 8.06. The normalized spacial score (nSPS) is 14.4. The lowest BCUT2D eigenvalue weighted by Gasteiger charge is -2.38. The maximum atomic E-state index is 15.5. The van der Waals surface area contributed by atoms with Crippen LogP contribution in [-0.4, -0.2) is 64.7 Å². The highest BCUT2D eigenvalue weighted by atomic mass is 19.3. The number of hydrogen-bond acceptors (Lipinski definition) is 8. The highest BCUT2D eigenvalue weighted by molar-refractivity contribution is 5.87. The van der Waals surface area contributed by atoms with Gasteiger partial charge in [0, 0.05) is 48.9 Å². The number of anilines is 2. The average molecular weight is 552 g/mol. The fourth-order valence-corrected chi connectivity index (χ4v) is 4.82. The number of rotatable bonds is 9. The molecule has 1 saturated heterocycles. The lowest BCUT2D eigenvalue weighted by atomic mass is 10.00. The van der Waals surface area contributed by atoms with Gasteiger partial charge in [-0.25, -0.2) is 4.39 Å². The van der Waals surface area contributed by atoms with E-state index in [1.54, 1.807) is 42.7 Å². The third kappa shape index (κ3) is 5.81. The molecular formula is C28H28F3N7O2. The Morgan fingerprint density at radius 2 is 1.90 bits per heavy atom. The first-order chi connectivity index (χ1) is 19.3. The summed E-state index contributed by atoms with van der Waals surface area (Å²) < 4.78 is 46.1. The largest absolute Gasteiger partial charge is 0.415 e. The first-order valence-corrected chi connectivity index (χ1v) is 12.8. The summed E-state index contributed by atoms with van der Waals surface area (Å²) in [4.78, 5) is 26.6. The predicted molar refractivity (Wildman–Crippen MR) is 143 cm³/mol. The molecule has 40 heavy (non-hydrogen) atoms. The second-order valence-corrected chi connectivity index (χ2v) is 9.73. The molecule has 1 aliphatic rings. The van der Waals surface area contributed by atoms with E-state index in [-0.39, 0.29) is 18.5 Å². The van der Waals surface area contributed by atoms with Crippen molar-refractivity contribution in [3.05, 3.63) is 72.4 Å². The summed E-state index contributed by atoms with van der Waals surface area (Å²) in [6.07, 6.45) is 4.27. The fourth-order valence-electron chi connectivity index (χ4n) is 4.82. The molecule has 4 heterocycles. The second kappa shape index (κ2) is 11.8. The highest BCUT2D eigenvalue weighted by Crippen LogP contribution is 2.38. The molecule has 1 amide bonds. The quantitative estimate of drug-likeness (QED) is 0.270. The van der Waals surface area contributed by atoms with Crippen LogP contribution in [0.2, 0.25) is 0 Å². The maximum absolute atomic E-state index is 15.5. The number of aromatic nitrogens is 4. The van der Waals surface area contributed by atoms with E-state index < -0.39 is 18.1 Å². The lowest BCUT2D eigenvalue weighted by molar-refractivity contribution is -0.107. The third-order valence-electron chi connectivity index (χ3n) is 7.12. The highest BCUT2D eigenvalue weighted by Gasteiger charge is 2.26. The number of hydrogen-bond donors (Lipinski definition) is 0. The van der Waals surface area contributed by atoms with Crippen LogP contribution in [0.15, 0.2) is 59.4 Å². The van der Waals surface area contributed by atoms with Crippen LogP contribution in [0.4, 0.5) is 24.5 Å². The number of amides is 1. The van der Waals surface area contributed by atoms with Gasteiger partial charge in [-0.1, -0.05) is 6.07 Å². The molecule has 0 N–H and O–H groups in total. The van der Waals surface area contributed by atoms with Crippen LogP contribution in [0.3, 0.4) is 0 Å². The van der Waals surface area contributed by atoms with Crippen molar-refractivity contribution in [1.82, 2.24) is 25.1 Å². The van der Waals surface area contributed by atoms with Crippen LogP contribution in [0.5, 0.6) is 0 Å². The van der Waals surface area contributed by atoms with Crippen molar-refractivity contribution in [1.29, 1.82) is 0 Å². The molecule has 208 valence electrons. The minimum atomic E-state index is -2.87. The summed E-state index contributed by atoms with van der Waals surface area (Å²) in [5, 5.41) is 6.95. The third-order valence-corrected chi connectivity index (χ3v) is 7.12. The smallest absolute Gasteiger partial charge is 0.314 e. The van der Waals surface area contributed by atoms with Crippen LogP contribution in [-0.2, 0) is 11.3 Å². The van der Waals surface area contributed by atoms with Gasteiger partial charge in [0.15, 0.2) is 0 Å². The second-order valence-electron chi connectivity index (χ2n) is 9.73. The van der Waals surface area contributed by atoms with Crippen molar-refractivity contribution in [2.75, 3.05) is 37.0 Å². The Bertz CT molecular complexity index is 1440. The molecule has 12 heteroatoms. The van der Waals surface area contributed by atoms with Crippen molar-refractivity contribution < 1.29 is 22.4 Å². The molecule has 0 spiro atoms. The van der Waals surface area contributed by atoms with Gasteiger partial charge < -0.3 is 19.1 Å². The van der Waals surface area contributed by atoms with E-state index in [9.17, 15) is 13.6 Å². The van der Waals surface area contributed by atoms with E-state index in [4.69, 9.17) is 4.42 Å². The zero-order chi connectivity index (χ0) is 28.2. The van der Waals surface area contributed by atoms with Gasteiger partial charge in [-0.3, -0.25) is 14.8 Å². The van der Waals surface area contributed by atoms with Gasteiger partial charge in [-0.2, -0.15) is 8.78 Å². The van der Waals surface area contributed by atoms with Crippen LogP contribution >= 0.6 is 0 Å². The Morgan fingerprint density at radius 3 is 2.52 bits per heavy atom. The van der Waals surface area contributed by atoms with E-state index in [1.807, 2.05) is 7.05 Å². The summed E-state index contributed by atoms with van der Waals surface area (Å²) in [6, 6.07) is 10.1. The first-order valence-electron chi connectivity index (χ1n) is 12.8. The molecule has 1 aromatic carbocycles. The fraction of sp³-hybridized carbons (Fsp3) is 0.321. The number of carbonyl (C=O) groups excluding carboxylic acids is 1. The monoisotopic (exact) mass is 551 g/mol. The average Bonchev–Trinajstić information content (AvgIpc) is 3.48. The summed E-state index contributed by atoms with van der Waals surface area (Å²) in [5.41, 5.74) is 3.00. The Morgan fingerprint density at radius 1 is 1.10 bits per heavy atom. The molecule has 0 atom stereocenters. The molecule has 5 rings (SSSR count). The summed E-state index contributed by atoms with van der Waals surface area (Å²) in [7, 11) is 4.05. The minimum absolute atomic E-state index is 0.0514. The van der Waals surface area contributed by atoms with Crippen molar-refractivity contribution in [2.45, 2.75) is 31.9 Å². The van der Waals surface area contributed by atoms with Gasteiger partial charge in [-0.05, 0) is 57.2 Å². The SMILES string of the molecule is CN1CCC(N(C)c2cc(-c3cccnc3)c(F)cc2N(C=O)Cc2ccc(-c3nnc(C(F)F)o3)cn2)CC1. The minimum Gasteiger partial charge on any atom is -0.415 e. The molecule has 0 saturated carbocycles. The maximum Gasteiger partial charge on any atom is 0.314 e. The summed E-state index contributed by atoms with van der Waals surface area (Å²) >= 11 is 0. The number of carbonyl (C=O) groups is 1. The summed E-state index contributed by atoms with van der Waals surface area (Å²) in [6.45, 7) is 1.93. The van der Waals surface area contributed by atoms with E-state index >= 15 is 4.39 Å². The molecule has 1 fully saturated rings. The van der Waals surface area contributed by atoms with Crippen molar-refractivity contribution in [3.63, 3.8) is 0 Å². The number of piperidine rings is 1. The zero-order valence-corrected chi connectivity index (χ0v) is 22.0. The van der Waals surface area contributed by atoms with Gasteiger partial charge in [-0.15, -0.1) is 10.2 Å². The lowest BCUT2D eigenvalue weighted by Crippen LogP contribution is -2.42. The van der Waals surface area contributed by atoms with E-state index in [0.29, 0.717) is 40.2 Å². The molecule has 0 radical (unpaired) electrons. The Balaban J connectivity index is 1.46. The number of likely N-dealkylation sites (tertiary alicyclic amines) is 1. The standard InChI is InChI=1S/C28H28F3N7O2/c1-36-10-7-21(8-11-36)37(2)24-12-22(18-4-3-9-32-14-18)23(29)13-25(24)38(17-39)16-20-6-5-19(15-33-20)27-34-35-28(40-27)26(30)31/h3-6,9,12-15,17,21,26H,7-8,10-11,16H2,1-2H3. The van der Waals surface area contributed by atoms with Crippen LogP contribution < -0.4 is 9.80 Å². The van der Waals surface area contributed by atoms with E-state index in [1.165, 1.54) is 17.2 Å². The van der Waals surface area contributed by atoms with Gasteiger partial charge in [0.1, 0.15) is 5.82 Å². The molecule has 0 aliphatic carbocycles. The number of benzene rings is 1. The van der Waals surface area contributed by atoms with Crippen molar-refractivity contribution in [2.24, 2.45) is 0 Å². The van der Waals surface area contributed by atoms with Crippen LogP contribution in [0.1, 0.15) is 30.9 Å². The van der Waals surface area contributed by atoms with Crippen molar-refractivity contribution >= 4 is 17.8 Å². The van der Waals surface area contributed by atoms with Gasteiger partial charge in [0.25, 0.3) is 5.89 Å². The predicted octanol–water partition coefficient (Wildman–Crippen LogP) is 4.96. The molecule has 0 bridgehead atoms. The zero-order valence-electron chi connectivity index (χ0n) is 22.0. The van der Waals surface area contributed by atoms with Crippen molar-refractivity contribution in [3.8, 4) is 22.6 Å². The molecule has 9 nitrogen and oxygen atoms in total. The first kappa shape index (κ1) is 27.3. The Hall–Kier alpha value is -4.32. The van der Waals surface area contributed by atoms with E-state index in [2.05, 4.69) is 37.0 Å². The molecule has 3 aromatic heterocycles. The number of pyridine rings is 2. The van der Waals surface area contributed by atoms with Gasteiger partial charge in [0.2, 0.25) is 12.3 Å². The molecular weight excluding hydrogens is 523 g/mol. The molecule has 0 unspecified atom stereocenters. The topological polar surface area (TPSA) is 91.5 Å². The number of nitrogens with zero attached hydrogens (tertiary/aromatic N) is 7. The van der Waals surface area contributed by atoms with Gasteiger partial charge in [0.05, 0.1) is 29.2 Å². The number of alkyl halides is 2. The Labute approximate surface area is 229 Å². The molecule has 1 aliphatic heterocycles. The van der Waals surface area contributed by atoms with Crippen LogP contribution in [0, 0.1) is 5.82 Å². The molecule has 4 aromatic rings. The van der Waals surface area contributed by atoms with Gasteiger partial charge >= 0.3 is 6.43 Å². The summed E-state index contributed by atoms with van der Waals surface area (Å²) in [5.74, 6) is -1.34. The van der Waals surface area contributed by atoms with Crippen LogP contribution in [0.25, 0.3) is 22.6 Å².